The van der Waals surface area contributed by atoms with Gasteiger partial charge in [-0.2, -0.15) is 5.26 Å². The van der Waals surface area contributed by atoms with Crippen LogP contribution >= 0.6 is 0 Å². The van der Waals surface area contributed by atoms with Crippen LogP contribution in [0.25, 0.3) is 0 Å². The molecule has 106 valence electrons. The van der Waals surface area contributed by atoms with Gasteiger partial charge in [0.1, 0.15) is 5.82 Å². The molecular formula is C15H11FN2O2S. The van der Waals surface area contributed by atoms with Crippen molar-refractivity contribution in [1.82, 2.24) is 0 Å². The molecule has 0 spiro atoms. The van der Waals surface area contributed by atoms with Crippen molar-refractivity contribution in [3.05, 3.63) is 59.9 Å². The third-order valence-corrected chi connectivity index (χ3v) is 5.51. The number of nitriles is 1. The first-order valence-corrected chi connectivity index (χ1v) is 7.83. The third kappa shape index (κ3) is 2.16. The van der Waals surface area contributed by atoms with Gasteiger partial charge in [-0.05, 0) is 29.8 Å². The van der Waals surface area contributed by atoms with E-state index in [0.29, 0.717) is 11.3 Å². The molecule has 2 atom stereocenters. The third-order valence-electron chi connectivity index (χ3n) is 3.50. The Labute approximate surface area is 121 Å². The van der Waals surface area contributed by atoms with Crippen molar-refractivity contribution in [2.75, 3.05) is 5.32 Å². The van der Waals surface area contributed by atoms with Crippen LogP contribution in [0.15, 0.2) is 53.4 Å². The van der Waals surface area contributed by atoms with Gasteiger partial charge in [-0.1, -0.05) is 24.3 Å². The molecule has 2 aromatic rings. The average molecular weight is 302 g/mol. The Morgan fingerprint density at radius 3 is 2.43 bits per heavy atom. The summed E-state index contributed by atoms with van der Waals surface area (Å²) in [5, 5.41) is 11.1. The smallest absolute Gasteiger partial charge is 0.199 e. The molecule has 1 heterocycles. The Morgan fingerprint density at radius 2 is 1.76 bits per heavy atom. The van der Waals surface area contributed by atoms with Gasteiger partial charge >= 0.3 is 0 Å². The number of benzene rings is 2. The predicted molar refractivity (Wildman–Crippen MR) is 75.8 cm³/mol. The maximum Gasteiger partial charge on any atom is 0.199 e. The fourth-order valence-electron chi connectivity index (χ4n) is 2.47. The molecule has 3 rings (SSSR count). The highest BCUT2D eigenvalue weighted by molar-refractivity contribution is 7.92. The van der Waals surface area contributed by atoms with Crippen LogP contribution in [0.2, 0.25) is 0 Å². The lowest BCUT2D eigenvalue weighted by Gasteiger charge is -2.31. The normalized spacial score (nSPS) is 22.7. The molecule has 1 aliphatic rings. The zero-order valence-electron chi connectivity index (χ0n) is 10.8. The van der Waals surface area contributed by atoms with Gasteiger partial charge in [-0.3, -0.25) is 0 Å². The van der Waals surface area contributed by atoms with Crippen molar-refractivity contribution in [2.24, 2.45) is 0 Å². The van der Waals surface area contributed by atoms with Crippen molar-refractivity contribution in [3.8, 4) is 6.07 Å². The summed E-state index contributed by atoms with van der Waals surface area (Å²) in [6, 6.07) is 13.1. The summed E-state index contributed by atoms with van der Waals surface area (Å²) < 4.78 is 38.1. The summed E-state index contributed by atoms with van der Waals surface area (Å²) in [5.74, 6) is -0.411. The Morgan fingerprint density at radius 1 is 1.10 bits per heavy atom. The fraction of sp³-hybridized carbons (Fsp3) is 0.133. The minimum absolute atomic E-state index is 0.120. The first-order chi connectivity index (χ1) is 10.0. The van der Waals surface area contributed by atoms with Crippen LogP contribution in [0, 0.1) is 17.1 Å². The van der Waals surface area contributed by atoms with Gasteiger partial charge < -0.3 is 5.32 Å². The first kappa shape index (κ1) is 13.6. The van der Waals surface area contributed by atoms with Crippen LogP contribution in [-0.4, -0.2) is 13.7 Å². The van der Waals surface area contributed by atoms with E-state index in [9.17, 15) is 18.1 Å². The van der Waals surface area contributed by atoms with Crippen molar-refractivity contribution >= 4 is 15.5 Å². The molecule has 0 aliphatic carbocycles. The molecule has 1 aliphatic heterocycles. The highest BCUT2D eigenvalue weighted by Crippen LogP contribution is 2.38. The minimum Gasteiger partial charge on any atom is -0.375 e. The second-order valence-electron chi connectivity index (χ2n) is 4.76. The number of para-hydroxylation sites is 1. The number of nitrogens with zero attached hydrogens (tertiary/aromatic N) is 1. The summed E-state index contributed by atoms with van der Waals surface area (Å²) in [6.45, 7) is 0. The van der Waals surface area contributed by atoms with E-state index in [1.54, 1.807) is 18.2 Å². The topological polar surface area (TPSA) is 70.0 Å². The highest BCUT2D eigenvalue weighted by Gasteiger charge is 2.41. The number of nitrogens with one attached hydrogen (secondary N) is 1. The Bertz CT molecular complexity index is 825. The maximum absolute atomic E-state index is 13.0. The molecule has 21 heavy (non-hydrogen) atoms. The lowest BCUT2D eigenvalue weighted by molar-refractivity contribution is 0.575. The molecule has 0 radical (unpaired) electrons. The van der Waals surface area contributed by atoms with Gasteiger partial charge in [0.15, 0.2) is 15.1 Å². The van der Waals surface area contributed by atoms with Crippen LogP contribution in [0.3, 0.4) is 0 Å². The van der Waals surface area contributed by atoms with Gasteiger partial charge in [0.25, 0.3) is 0 Å². The average Bonchev–Trinajstić information content (AvgIpc) is 2.47. The molecule has 1 N–H and O–H groups in total. The summed E-state index contributed by atoms with van der Waals surface area (Å²) in [6.07, 6.45) is 0. The van der Waals surface area contributed by atoms with Gasteiger partial charge in [-0.15, -0.1) is 0 Å². The predicted octanol–water partition coefficient (Wildman–Crippen LogP) is 2.66. The van der Waals surface area contributed by atoms with Crippen molar-refractivity contribution in [1.29, 1.82) is 5.26 Å². The Hall–Kier alpha value is -2.39. The van der Waals surface area contributed by atoms with E-state index in [1.165, 1.54) is 30.3 Å². The molecule has 4 nitrogen and oxygen atoms in total. The van der Waals surface area contributed by atoms with Crippen molar-refractivity contribution in [2.45, 2.75) is 16.2 Å². The lowest BCUT2D eigenvalue weighted by atomic mass is 10.0. The zero-order valence-corrected chi connectivity index (χ0v) is 11.6. The number of anilines is 1. The van der Waals surface area contributed by atoms with Gasteiger partial charge in [0.05, 0.1) is 22.7 Å². The molecular weight excluding hydrogens is 291 g/mol. The number of hydrogen-bond donors (Lipinski definition) is 1. The molecule has 2 aromatic carbocycles. The Balaban J connectivity index is 2.16. The SMILES string of the molecule is N#CC1C(c2ccc(F)cc2)Nc2ccccc2S1(=O)=O. The second kappa shape index (κ2) is 4.86. The van der Waals surface area contributed by atoms with E-state index in [1.807, 2.05) is 6.07 Å². The molecule has 6 heteroatoms. The number of halogens is 1. The standard InChI is InChI=1S/C15H11FN2O2S/c16-11-7-5-10(6-8-11)15-14(9-17)21(19,20)13-4-2-1-3-12(13)18-15/h1-8,14-15,18H. The van der Waals surface area contributed by atoms with E-state index in [2.05, 4.69) is 5.32 Å². The molecule has 0 saturated heterocycles. The summed E-state index contributed by atoms with van der Waals surface area (Å²) in [4.78, 5) is 0.120. The number of sulfone groups is 1. The molecule has 0 amide bonds. The molecule has 0 aromatic heterocycles. The van der Waals surface area contributed by atoms with Gasteiger partial charge in [-0.25, -0.2) is 12.8 Å². The van der Waals surface area contributed by atoms with Crippen molar-refractivity contribution < 1.29 is 12.8 Å². The summed E-state index contributed by atoms with van der Waals surface area (Å²) >= 11 is 0. The quantitative estimate of drug-likeness (QED) is 0.879. The molecule has 0 bridgehead atoms. The van der Waals surface area contributed by atoms with E-state index in [0.717, 1.165) is 0 Å². The van der Waals surface area contributed by atoms with Crippen molar-refractivity contribution in [3.63, 3.8) is 0 Å². The molecule has 2 unspecified atom stereocenters. The van der Waals surface area contributed by atoms with Gasteiger partial charge in [0, 0.05) is 0 Å². The number of fused-ring (bicyclic) bond motifs is 1. The summed E-state index contributed by atoms with van der Waals surface area (Å²) in [5.41, 5.74) is 1.01. The molecule has 0 saturated carbocycles. The van der Waals surface area contributed by atoms with Crippen LogP contribution < -0.4 is 5.32 Å². The maximum atomic E-state index is 13.0. The van der Waals surface area contributed by atoms with Crippen LogP contribution in [0.4, 0.5) is 10.1 Å². The van der Waals surface area contributed by atoms with E-state index in [-0.39, 0.29) is 4.90 Å². The zero-order chi connectivity index (χ0) is 15.0. The number of hydrogen-bond acceptors (Lipinski definition) is 4. The monoisotopic (exact) mass is 302 g/mol. The first-order valence-electron chi connectivity index (χ1n) is 6.28. The largest absolute Gasteiger partial charge is 0.375 e. The molecule has 0 fully saturated rings. The van der Waals surface area contributed by atoms with E-state index < -0.39 is 26.9 Å². The summed E-state index contributed by atoms with van der Waals surface area (Å²) in [7, 11) is -3.76. The van der Waals surface area contributed by atoms with Crippen LogP contribution in [-0.2, 0) is 9.84 Å². The van der Waals surface area contributed by atoms with Crippen LogP contribution in [0.1, 0.15) is 11.6 Å². The Kier molecular flexibility index (Phi) is 3.15. The van der Waals surface area contributed by atoms with E-state index in [4.69, 9.17) is 0 Å². The fourth-order valence-corrected chi connectivity index (χ4v) is 4.16. The van der Waals surface area contributed by atoms with Gasteiger partial charge in [0.2, 0.25) is 0 Å². The minimum atomic E-state index is -3.76. The van der Waals surface area contributed by atoms with E-state index >= 15 is 0 Å². The van der Waals surface area contributed by atoms with Crippen LogP contribution in [0.5, 0.6) is 0 Å². The lowest BCUT2D eigenvalue weighted by Crippen LogP contribution is -2.36. The second-order valence-corrected chi connectivity index (χ2v) is 6.80. The number of rotatable bonds is 1. The highest BCUT2D eigenvalue weighted by atomic mass is 32.2.